The molecule has 0 bridgehead atoms. The molecule has 1 rings (SSSR count). The van der Waals surface area contributed by atoms with E-state index in [-0.39, 0.29) is 0 Å². The van der Waals surface area contributed by atoms with Gasteiger partial charge in [-0.2, -0.15) is 0 Å². The van der Waals surface area contributed by atoms with Crippen molar-refractivity contribution in [1.29, 1.82) is 0 Å². The van der Waals surface area contributed by atoms with Crippen LogP contribution in [0.5, 0.6) is 0 Å². The first-order valence-corrected chi connectivity index (χ1v) is 7.91. The zero-order valence-electron chi connectivity index (χ0n) is 10.6. The van der Waals surface area contributed by atoms with Gasteiger partial charge in [0.1, 0.15) is 0 Å². The average Bonchev–Trinajstić information content (AvgIpc) is 2.19. The second-order valence-electron chi connectivity index (χ2n) is 4.91. The van der Waals surface area contributed by atoms with Crippen LogP contribution in [0.4, 0.5) is 0 Å². The first-order chi connectivity index (χ1) is 7.41. The Morgan fingerprint density at radius 1 is 1.31 bits per heavy atom. The van der Waals surface area contributed by atoms with Crippen molar-refractivity contribution in [1.82, 2.24) is 9.62 Å². The first-order valence-electron chi connectivity index (χ1n) is 6.06. The number of likely N-dealkylation sites (N-methyl/N-ethyl adjacent to an activating group) is 1. The van der Waals surface area contributed by atoms with Gasteiger partial charge in [0, 0.05) is 26.2 Å². The Kier molecular flexibility index (Phi) is 5.21. The molecular formula is C11H24N2O2S. The monoisotopic (exact) mass is 248 g/mol. The highest BCUT2D eigenvalue weighted by atomic mass is 32.2. The summed E-state index contributed by atoms with van der Waals surface area (Å²) in [6, 6.07) is 0.571. The molecular weight excluding hydrogens is 224 g/mol. The molecule has 1 aliphatic rings. The van der Waals surface area contributed by atoms with Crippen molar-refractivity contribution >= 4 is 10.0 Å². The summed E-state index contributed by atoms with van der Waals surface area (Å²) >= 11 is 0. The maximum atomic E-state index is 11.2. The van der Waals surface area contributed by atoms with E-state index in [0.29, 0.717) is 12.6 Å². The molecule has 4 nitrogen and oxygen atoms in total. The van der Waals surface area contributed by atoms with Gasteiger partial charge in [0.25, 0.3) is 0 Å². The van der Waals surface area contributed by atoms with Crippen molar-refractivity contribution in [3.05, 3.63) is 0 Å². The van der Waals surface area contributed by atoms with Gasteiger partial charge in [-0.05, 0) is 18.8 Å². The second kappa shape index (κ2) is 5.98. The van der Waals surface area contributed by atoms with Crippen molar-refractivity contribution in [2.24, 2.45) is 5.92 Å². The smallest absolute Gasteiger partial charge is 0.210 e. The molecule has 1 fully saturated rings. The third kappa shape index (κ3) is 4.39. The van der Waals surface area contributed by atoms with Crippen LogP contribution in [0.3, 0.4) is 0 Å². The fraction of sp³-hybridized carbons (Fsp3) is 1.00. The molecule has 0 radical (unpaired) electrons. The van der Waals surface area contributed by atoms with E-state index < -0.39 is 10.0 Å². The van der Waals surface area contributed by atoms with Crippen LogP contribution in [0.15, 0.2) is 0 Å². The van der Waals surface area contributed by atoms with E-state index in [1.807, 2.05) is 0 Å². The van der Waals surface area contributed by atoms with Crippen LogP contribution < -0.4 is 5.32 Å². The maximum Gasteiger partial charge on any atom is 0.210 e. The Hall–Kier alpha value is -0.130. The molecule has 1 aliphatic carbocycles. The number of nitrogens with one attached hydrogen (secondary N) is 1. The number of hydrogen-bond acceptors (Lipinski definition) is 3. The predicted octanol–water partition coefficient (Wildman–Crippen LogP) is 1.05. The van der Waals surface area contributed by atoms with Crippen molar-refractivity contribution in [2.75, 3.05) is 26.4 Å². The lowest BCUT2D eigenvalue weighted by Crippen LogP contribution is -2.41. The van der Waals surface area contributed by atoms with Crippen molar-refractivity contribution in [2.45, 2.75) is 38.6 Å². The van der Waals surface area contributed by atoms with Gasteiger partial charge < -0.3 is 5.32 Å². The molecule has 0 amide bonds. The van der Waals surface area contributed by atoms with Crippen LogP contribution in [0.25, 0.3) is 0 Å². The minimum absolute atomic E-state index is 0.558. The normalized spacial score (nSPS) is 27.2. The third-order valence-electron chi connectivity index (χ3n) is 3.51. The van der Waals surface area contributed by atoms with Gasteiger partial charge in [0.05, 0.1) is 6.26 Å². The first kappa shape index (κ1) is 13.9. The quantitative estimate of drug-likeness (QED) is 0.791. The molecule has 96 valence electrons. The van der Waals surface area contributed by atoms with Crippen molar-refractivity contribution in [3.63, 3.8) is 0 Å². The van der Waals surface area contributed by atoms with Gasteiger partial charge in [-0.15, -0.1) is 0 Å². The molecule has 16 heavy (non-hydrogen) atoms. The summed E-state index contributed by atoms with van der Waals surface area (Å²) in [6.45, 7) is 3.58. The molecule has 2 atom stereocenters. The van der Waals surface area contributed by atoms with Gasteiger partial charge in [-0.3, -0.25) is 0 Å². The molecule has 0 aromatic heterocycles. The summed E-state index contributed by atoms with van der Waals surface area (Å²) in [7, 11) is -1.40. The molecule has 1 N–H and O–H groups in total. The highest BCUT2D eigenvalue weighted by Gasteiger charge is 2.20. The average molecular weight is 248 g/mol. The van der Waals surface area contributed by atoms with E-state index in [1.54, 1.807) is 7.05 Å². The maximum absolute atomic E-state index is 11.2. The number of rotatable bonds is 5. The molecule has 0 saturated heterocycles. The summed E-state index contributed by atoms with van der Waals surface area (Å²) in [4.78, 5) is 0. The van der Waals surface area contributed by atoms with E-state index >= 15 is 0 Å². The highest BCUT2D eigenvalue weighted by Crippen LogP contribution is 2.23. The molecule has 1 saturated carbocycles. The van der Waals surface area contributed by atoms with Crippen LogP contribution in [0, 0.1) is 5.92 Å². The lowest BCUT2D eigenvalue weighted by molar-refractivity contribution is 0.276. The van der Waals surface area contributed by atoms with E-state index in [4.69, 9.17) is 0 Å². The number of sulfonamides is 1. The predicted molar refractivity (Wildman–Crippen MR) is 66.9 cm³/mol. The van der Waals surface area contributed by atoms with Gasteiger partial charge in [-0.1, -0.05) is 19.8 Å². The summed E-state index contributed by atoms with van der Waals surface area (Å²) in [5.74, 6) is 0.720. The summed E-state index contributed by atoms with van der Waals surface area (Å²) < 4.78 is 23.7. The van der Waals surface area contributed by atoms with Crippen molar-refractivity contribution in [3.8, 4) is 0 Å². The zero-order valence-corrected chi connectivity index (χ0v) is 11.4. The molecule has 0 aromatic carbocycles. The fourth-order valence-electron chi connectivity index (χ4n) is 2.19. The largest absolute Gasteiger partial charge is 0.312 e. The molecule has 0 spiro atoms. The lowest BCUT2D eigenvalue weighted by atomic mass is 9.86. The summed E-state index contributed by atoms with van der Waals surface area (Å²) in [5, 5.41) is 3.47. The SMILES string of the molecule is C[C@H]1CCCC[C@H]1NCCN(C)S(C)(=O)=O. The van der Waals surface area contributed by atoms with Crippen LogP contribution >= 0.6 is 0 Å². The molecule has 0 aromatic rings. The van der Waals surface area contributed by atoms with Crippen LogP contribution in [-0.4, -0.2) is 45.2 Å². The van der Waals surface area contributed by atoms with Gasteiger partial charge in [0.15, 0.2) is 0 Å². The Bertz CT molecular complexity index is 303. The van der Waals surface area contributed by atoms with E-state index in [2.05, 4.69) is 12.2 Å². The Morgan fingerprint density at radius 2 is 1.94 bits per heavy atom. The van der Waals surface area contributed by atoms with Crippen molar-refractivity contribution < 1.29 is 8.42 Å². The zero-order chi connectivity index (χ0) is 12.2. The molecule has 0 heterocycles. The van der Waals surface area contributed by atoms with E-state index in [0.717, 1.165) is 12.5 Å². The summed E-state index contributed by atoms with van der Waals surface area (Å²) in [5.41, 5.74) is 0. The molecule has 0 unspecified atom stereocenters. The standard InChI is InChI=1S/C11H24N2O2S/c1-10-6-4-5-7-11(10)12-8-9-13(2)16(3,14)15/h10-12H,4-9H2,1-3H3/t10-,11+/m0/s1. The van der Waals surface area contributed by atoms with Gasteiger partial charge in [0.2, 0.25) is 10.0 Å². The molecule has 5 heteroatoms. The molecule has 0 aliphatic heterocycles. The highest BCUT2D eigenvalue weighted by molar-refractivity contribution is 7.88. The third-order valence-corrected chi connectivity index (χ3v) is 4.83. The second-order valence-corrected chi connectivity index (χ2v) is 7.00. The van der Waals surface area contributed by atoms with E-state index in [1.165, 1.54) is 36.2 Å². The fourth-order valence-corrected chi connectivity index (χ4v) is 2.62. The van der Waals surface area contributed by atoms with Crippen LogP contribution in [-0.2, 0) is 10.0 Å². The number of nitrogens with zero attached hydrogens (tertiary/aromatic N) is 1. The van der Waals surface area contributed by atoms with Crippen LogP contribution in [0.2, 0.25) is 0 Å². The van der Waals surface area contributed by atoms with Gasteiger partial charge in [-0.25, -0.2) is 12.7 Å². The van der Waals surface area contributed by atoms with E-state index in [9.17, 15) is 8.42 Å². The summed E-state index contributed by atoms with van der Waals surface area (Å²) in [6.07, 6.45) is 6.39. The lowest BCUT2D eigenvalue weighted by Gasteiger charge is -2.30. The Labute approximate surface area is 99.5 Å². The Balaban J connectivity index is 2.24. The minimum atomic E-state index is -3.03. The Morgan fingerprint density at radius 3 is 2.50 bits per heavy atom. The number of hydrogen-bond donors (Lipinski definition) is 1. The van der Waals surface area contributed by atoms with Gasteiger partial charge >= 0.3 is 0 Å². The minimum Gasteiger partial charge on any atom is -0.312 e. The topological polar surface area (TPSA) is 49.4 Å². The van der Waals surface area contributed by atoms with Crippen LogP contribution in [0.1, 0.15) is 32.6 Å².